The molecule has 1 aromatic rings. The molecule has 19 heavy (non-hydrogen) atoms. The topological polar surface area (TPSA) is 30.5 Å². The van der Waals surface area contributed by atoms with Gasteiger partial charge in [0, 0.05) is 10.0 Å². The highest BCUT2D eigenvalue weighted by molar-refractivity contribution is 9.10. The highest BCUT2D eigenvalue weighted by atomic mass is 79.9. The maximum Gasteiger partial charge on any atom is 0.161 e. The van der Waals surface area contributed by atoms with Crippen LogP contribution in [-0.4, -0.2) is 26.3 Å². The van der Waals surface area contributed by atoms with Gasteiger partial charge in [0.15, 0.2) is 11.5 Å². The highest BCUT2D eigenvalue weighted by Crippen LogP contribution is 2.37. The number of halogens is 1. The summed E-state index contributed by atoms with van der Waals surface area (Å²) in [6.45, 7) is 3.38. The normalized spacial score (nSPS) is 22.5. The van der Waals surface area contributed by atoms with Crippen molar-refractivity contribution < 1.29 is 9.47 Å². The molecule has 1 aromatic carbocycles. The van der Waals surface area contributed by atoms with Gasteiger partial charge in [0.25, 0.3) is 0 Å². The summed E-state index contributed by atoms with van der Waals surface area (Å²) in [7, 11) is 3.34. The molecule has 1 saturated heterocycles. The minimum atomic E-state index is 0.238. The van der Waals surface area contributed by atoms with Crippen LogP contribution in [0.4, 0.5) is 0 Å². The third kappa shape index (κ3) is 3.06. The van der Waals surface area contributed by atoms with Crippen LogP contribution >= 0.6 is 15.9 Å². The maximum absolute atomic E-state index is 5.40. The van der Waals surface area contributed by atoms with Crippen molar-refractivity contribution in [2.45, 2.75) is 38.1 Å². The molecule has 0 aliphatic carbocycles. The minimum Gasteiger partial charge on any atom is -0.493 e. The van der Waals surface area contributed by atoms with Crippen LogP contribution in [0.1, 0.15) is 31.7 Å². The van der Waals surface area contributed by atoms with Gasteiger partial charge < -0.3 is 14.8 Å². The second-order valence-electron chi connectivity index (χ2n) is 5.14. The van der Waals surface area contributed by atoms with Crippen LogP contribution in [0.3, 0.4) is 0 Å². The summed E-state index contributed by atoms with van der Waals surface area (Å²) in [6.07, 6.45) is 4.67. The number of benzene rings is 1. The van der Waals surface area contributed by atoms with Crippen molar-refractivity contribution in [3.63, 3.8) is 0 Å². The van der Waals surface area contributed by atoms with E-state index in [1.165, 1.54) is 18.4 Å². The fraction of sp³-hybridized carbons (Fsp3) is 0.600. The van der Waals surface area contributed by atoms with Crippen LogP contribution in [0.15, 0.2) is 16.6 Å². The van der Waals surface area contributed by atoms with E-state index in [1.807, 2.05) is 6.07 Å². The van der Waals surface area contributed by atoms with Gasteiger partial charge in [-0.2, -0.15) is 0 Å². The standard InChI is InChI=1S/C15H22BrNO2/c1-4-15(6-5-7-17-15)10-11-8-13(18-2)14(19-3)9-12(11)16/h8-9,17H,4-7,10H2,1-3H3. The molecule has 0 amide bonds. The molecule has 1 unspecified atom stereocenters. The van der Waals surface area contributed by atoms with Gasteiger partial charge in [-0.1, -0.05) is 22.9 Å². The molecule has 2 rings (SSSR count). The van der Waals surface area contributed by atoms with Crippen molar-refractivity contribution in [1.29, 1.82) is 0 Å². The van der Waals surface area contributed by atoms with Gasteiger partial charge in [0.1, 0.15) is 0 Å². The molecular formula is C15H22BrNO2. The van der Waals surface area contributed by atoms with Crippen LogP contribution in [-0.2, 0) is 6.42 Å². The van der Waals surface area contributed by atoms with Gasteiger partial charge in [0.2, 0.25) is 0 Å². The first-order valence-electron chi connectivity index (χ1n) is 6.79. The van der Waals surface area contributed by atoms with E-state index in [0.29, 0.717) is 0 Å². The van der Waals surface area contributed by atoms with Crippen LogP contribution in [0, 0.1) is 0 Å². The van der Waals surface area contributed by atoms with Gasteiger partial charge in [-0.25, -0.2) is 0 Å². The molecule has 0 radical (unpaired) electrons. The molecule has 106 valence electrons. The summed E-state index contributed by atoms with van der Waals surface area (Å²) in [5, 5.41) is 3.67. The van der Waals surface area contributed by atoms with Crippen LogP contribution < -0.4 is 14.8 Å². The molecule has 1 aliphatic heterocycles. The zero-order valence-corrected chi connectivity index (χ0v) is 13.5. The average molecular weight is 328 g/mol. The van der Waals surface area contributed by atoms with Gasteiger partial charge in [-0.3, -0.25) is 0 Å². The van der Waals surface area contributed by atoms with E-state index in [4.69, 9.17) is 9.47 Å². The first-order valence-corrected chi connectivity index (χ1v) is 7.59. The SMILES string of the molecule is CCC1(Cc2cc(OC)c(OC)cc2Br)CCCN1. The quantitative estimate of drug-likeness (QED) is 0.897. The predicted octanol–water partition coefficient (Wildman–Crippen LogP) is 3.54. The van der Waals surface area contributed by atoms with Crippen molar-refractivity contribution in [3.8, 4) is 11.5 Å². The number of nitrogens with one attached hydrogen (secondary N) is 1. The Morgan fingerprint density at radius 1 is 1.26 bits per heavy atom. The largest absolute Gasteiger partial charge is 0.493 e. The molecular weight excluding hydrogens is 306 g/mol. The van der Waals surface area contributed by atoms with Crippen molar-refractivity contribution >= 4 is 15.9 Å². The molecule has 1 N–H and O–H groups in total. The lowest BCUT2D eigenvalue weighted by atomic mass is 9.87. The monoisotopic (exact) mass is 327 g/mol. The lowest BCUT2D eigenvalue weighted by molar-refractivity contribution is 0.347. The van der Waals surface area contributed by atoms with Gasteiger partial charge in [-0.05, 0) is 49.9 Å². The molecule has 3 nitrogen and oxygen atoms in total. The Labute approximate surface area is 123 Å². The van der Waals surface area contributed by atoms with E-state index in [1.54, 1.807) is 14.2 Å². The second kappa shape index (κ2) is 6.14. The third-order valence-corrected chi connectivity index (χ3v) is 4.83. The Balaban J connectivity index is 2.29. The Hall–Kier alpha value is -0.740. The minimum absolute atomic E-state index is 0.238. The zero-order valence-electron chi connectivity index (χ0n) is 11.9. The van der Waals surface area contributed by atoms with Crippen molar-refractivity contribution in [3.05, 3.63) is 22.2 Å². The Kier molecular flexibility index (Phi) is 4.74. The van der Waals surface area contributed by atoms with E-state index in [-0.39, 0.29) is 5.54 Å². The van der Waals surface area contributed by atoms with E-state index in [2.05, 4.69) is 34.2 Å². The van der Waals surface area contributed by atoms with Crippen LogP contribution in [0.2, 0.25) is 0 Å². The van der Waals surface area contributed by atoms with E-state index in [9.17, 15) is 0 Å². The van der Waals surface area contributed by atoms with Crippen LogP contribution in [0.25, 0.3) is 0 Å². The van der Waals surface area contributed by atoms with E-state index < -0.39 is 0 Å². The number of rotatable bonds is 5. The summed E-state index contributed by atoms with van der Waals surface area (Å²) in [4.78, 5) is 0. The number of ether oxygens (including phenoxy) is 2. The Morgan fingerprint density at radius 2 is 1.95 bits per heavy atom. The lowest BCUT2D eigenvalue weighted by Crippen LogP contribution is -2.41. The fourth-order valence-electron chi connectivity index (χ4n) is 2.84. The molecule has 1 aliphatic rings. The summed E-state index contributed by atoms with van der Waals surface area (Å²) in [5.41, 5.74) is 1.51. The predicted molar refractivity (Wildman–Crippen MR) is 81.2 cm³/mol. The van der Waals surface area contributed by atoms with Gasteiger partial charge in [0.05, 0.1) is 14.2 Å². The lowest BCUT2D eigenvalue weighted by Gasteiger charge is -2.29. The van der Waals surface area contributed by atoms with Crippen molar-refractivity contribution in [2.75, 3.05) is 20.8 Å². The zero-order chi connectivity index (χ0) is 13.9. The maximum atomic E-state index is 5.40. The molecule has 1 heterocycles. The van der Waals surface area contributed by atoms with Gasteiger partial charge in [-0.15, -0.1) is 0 Å². The van der Waals surface area contributed by atoms with Crippen molar-refractivity contribution in [2.24, 2.45) is 0 Å². The molecule has 0 saturated carbocycles. The molecule has 4 heteroatoms. The summed E-state index contributed by atoms with van der Waals surface area (Å²) >= 11 is 3.65. The van der Waals surface area contributed by atoms with E-state index >= 15 is 0 Å². The van der Waals surface area contributed by atoms with Gasteiger partial charge >= 0.3 is 0 Å². The molecule has 1 atom stereocenters. The Bertz CT molecular complexity index is 442. The molecule has 0 aromatic heterocycles. The molecule has 0 bridgehead atoms. The second-order valence-corrected chi connectivity index (χ2v) is 5.99. The number of hydrogen-bond donors (Lipinski definition) is 1. The summed E-state index contributed by atoms with van der Waals surface area (Å²) in [6, 6.07) is 4.08. The fourth-order valence-corrected chi connectivity index (χ4v) is 3.31. The first kappa shape index (κ1) is 14.7. The smallest absolute Gasteiger partial charge is 0.161 e. The van der Waals surface area contributed by atoms with Crippen LogP contribution in [0.5, 0.6) is 11.5 Å². The molecule has 0 spiro atoms. The molecule has 1 fully saturated rings. The summed E-state index contributed by atoms with van der Waals surface area (Å²) in [5.74, 6) is 1.56. The highest BCUT2D eigenvalue weighted by Gasteiger charge is 2.32. The van der Waals surface area contributed by atoms with E-state index in [0.717, 1.165) is 35.4 Å². The summed E-state index contributed by atoms with van der Waals surface area (Å²) < 4.78 is 11.8. The third-order valence-electron chi connectivity index (χ3n) is 4.09. The Morgan fingerprint density at radius 3 is 2.47 bits per heavy atom. The first-order chi connectivity index (χ1) is 9.14. The number of hydrogen-bond acceptors (Lipinski definition) is 3. The number of methoxy groups -OCH3 is 2. The van der Waals surface area contributed by atoms with Crippen molar-refractivity contribution in [1.82, 2.24) is 5.32 Å². The average Bonchev–Trinajstić information content (AvgIpc) is 2.89.